The largest absolute Gasteiger partial charge is 0.467 e. The van der Waals surface area contributed by atoms with E-state index in [-0.39, 0.29) is 49.5 Å². The smallest absolute Gasteiger partial charge is 0.318 e. The summed E-state index contributed by atoms with van der Waals surface area (Å²) in [5.41, 5.74) is 6.61. The number of rotatable bonds is 3. The van der Waals surface area contributed by atoms with Gasteiger partial charge in [0.05, 0.1) is 22.3 Å². The van der Waals surface area contributed by atoms with Crippen LogP contribution in [0.5, 0.6) is 6.01 Å². The van der Waals surface area contributed by atoms with Crippen molar-refractivity contribution in [3.05, 3.63) is 34.9 Å². The molecule has 4 aliphatic heterocycles. The Morgan fingerprint density at radius 1 is 1.00 bits per heavy atom. The van der Waals surface area contributed by atoms with Crippen LogP contribution in [-0.4, -0.2) is 71.3 Å². The van der Waals surface area contributed by atoms with E-state index in [1.54, 1.807) is 6.07 Å². The predicted octanol–water partition coefficient (Wildman–Crippen LogP) is 5.61. The Morgan fingerprint density at radius 2 is 1.73 bits per heavy atom. The molecule has 2 aromatic heterocycles. The van der Waals surface area contributed by atoms with E-state index in [9.17, 15) is 4.39 Å². The summed E-state index contributed by atoms with van der Waals surface area (Å²) in [6.07, 6.45) is 7.95. The van der Waals surface area contributed by atoms with E-state index in [0.717, 1.165) is 43.3 Å². The Morgan fingerprint density at radius 3 is 2.41 bits per heavy atom. The van der Waals surface area contributed by atoms with Crippen molar-refractivity contribution in [2.24, 2.45) is 0 Å². The highest BCUT2D eigenvalue weighted by atomic mass is 35.5. The van der Waals surface area contributed by atoms with Gasteiger partial charge in [0, 0.05) is 47.7 Å². The second-order valence-corrected chi connectivity index (χ2v) is 12.7. The monoisotopic (exact) mass is 599 g/mol. The average molecular weight is 600 g/mol. The number of thiazole rings is 1. The maximum absolute atomic E-state index is 16.1. The fourth-order valence-corrected chi connectivity index (χ4v) is 8.12. The number of nitrogens with zero attached hydrogens (tertiary/aromatic N) is 5. The number of halogens is 3. The quantitative estimate of drug-likeness (QED) is 0.314. The molecule has 4 aromatic rings. The fraction of sp³-hybridized carbons (Fsp3) is 0.483. The highest BCUT2D eigenvalue weighted by Crippen LogP contribution is 2.44. The van der Waals surface area contributed by atoms with E-state index in [4.69, 9.17) is 22.1 Å². The Balaban J connectivity index is 0.000000295. The Labute approximate surface area is 245 Å². The SMILES string of the molecule is C1CC2CCCN2C1.COc1nc(N2C3CCC2CNC3)c2cc(Cl)c(-c3ccc(F)c4sc(N)nc34)c(F)c2n1. The van der Waals surface area contributed by atoms with Crippen molar-refractivity contribution in [3.8, 4) is 17.1 Å². The normalized spacial score (nSPS) is 22.4. The second-order valence-electron chi connectivity index (χ2n) is 11.2. The van der Waals surface area contributed by atoms with Crippen LogP contribution >= 0.6 is 22.9 Å². The number of anilines is 2. The van der Waals surface area contributed by atoms with Gasteiger partial charge in [-0.15, -0.1) is 0 Å². The molecule has 2 bridgehead atoms. The number of aromatic nitrogens is 3. The first-order valence-electron chi connectivity index (χ1n) is 14.2. The molecular formula is C29H32ClF2N7OS. The zero-order valence-corrected chi connectivity index (χ0v) is 24.4. The molecule has 41 heavy (non-hydrogen) atoms. The molecule has 4 aliphatic rings. The fourth-order valence-electron chi connectivity index (χ4n) is 7.06. The summed E-state index contributed by atoms with van der Waals surface area (Å²) >= 11 is 7.66. The molecular weight excluding hydrogens is 568 g/mol. The third-order valence-electron chi connectivity index (χ3n) is 8.91. The molecule has 8 rings (SSSR count). The zero-order valence-electron chi connectivity index (χ0n) is 22.8. The van der Waals surface area contributed by atoms with Crippen molar-refractivity contribution in [1.82, 2.24) is 25.2 Å². The van der Waals surface area contributed by atoms with Gasteiger partial charge in [0.2, 0.25) is 0 Å². The number of nitrogens with one attached hydrogen (secondary N) is 1. The number of ether oxygens (including phenoxy) is 1. The minimum Gasteiger partial charge on any atom is -0.467 e. The maximum atomic E-state index is 16.1. The lowest BCUT2D eigenvalue weighted by Crippen LogP contribution is -2.52. The number of hydrogen-bond donors (Lipinski definition) is 2. The van der Waals surface area contributed by atoms with Crippen LogP contribution in [0.15, 0.2) is 18.2 Å². The van der Waals surface area contributed by atoms with Crippen LogP contribution in [0.25, 0.3) is 32.2 Å². The van der Waals surface area contributed by atoms with Crippen molar-refractivity contribution in [3.63, 3.8) is 0 Å². The lowest BCUT2D eigenvalue weighted by molar-refractivity contribution is 0.325. The number of hydrogen-bond acceptors (Lipinski definition) is 9. The van der Waals surface area contributed by atoms with Crippen molar-refractivity contribution in [2.75, 3.05) is 43.9 Å². The van der Waals surface area contributed by atoms with Crippen LogP contribution in [0.2, 0.25) is 5.02 Å². The highest BCUT2D eigenvalue weighted by Gasteiger charge is 2.39. The molecule has 0 spiro atoms. The van der Waals surface area contributed by atoms with Gasteiger partial charge >= 0.3 is 6.01 Å². The number of piperazine rings is 1. The third kappa shape index (κ3) is 4.67. The van der Waals surface area contributed by atoms with Gasteiger partial charge in [-0.2, -0.15) is 9.97 Å². The molecule has 216 valence electrons. The van der Waals surface area contributed by atoms with E-state index >= 15 is 4.39 Å². The first kappa shape index (κ1) is 27.0. The number of fused-ring (bicyclic) bond motifs is 5. The molecule has 2 aromatic carbocycles. The molecule has 2 unspecified atom stereocenters. The second kappa shape index (κ2) is 10.8. The molecule has 0 amide bonds. The highest BCUT2D eigenvalue weighted by molar-refractivity contribution is 7.22. The summed E-state index contributed by atoms with van der Waals surface area (Å²) in [5.74, 6) is -0.498. The van der Waals surface area contributed by atoms with Gasteiger partial charge in [-0.05, 0) is 69.8 Å². The Hall–Kier alpha value is -2.86. The average Bonchev–Trinajstić information content (AvgIpc) is 3.74. The lowest BCUT2D eigenvalue weighted by atomic mass is 10.0. The minimum atomic E-state index is -0.638. The molecule has 0 saturated carbocycles. The van der Waals surface area contributed by atoms with Gasteiger partial charge in [-0.25, -0.2) is 13.8 Å². The number of benzene rings is 2. The Bertz CT molecular complexity index is 1600. The maximum Gasteiger partial charge on any atom is 0.318 e. The molecule has 4 fully saturated rings. The van der Waals surface area contributed by atoms with E-state index in [1.807, 2.05) is 0 Å². The van der Waals surface area contributed by atoms with Crippen LogP contribution < -0.4 is 20.7 Å². The molecule has 2 atom stereocenters. The molecule has 0 aliphatic carbocycles. The summed E-state index contributed by atoms with van der Waals surface area (Å²) in [6.45, 7) is 4.45. The topological polar surface area (TPSA) is 92.4 Å². The minimum absolute atomic E-state index is 0.0739. The van der Waals surface area contributed by atoms with Gasteiger partial charge in [0.15, 0.2) is 10.9 Å². The molecule has 8 nitrogen and oxygen atoms in total. The van der Waals surface area contributed by atoms with Crippen LogP contribution in [-0.2, 0) is 0 Å². The van der Waals surface area contributed by atoms with Crippen molar-refractivity contribution < 1.29 is 13.5 Å². The number of nitrogen functional groups attached to an aromatic ring is 1. The van der Waals surface area contributed by atoms with Crippen LogP contribution in [0.3, 0.4) is 0 Å². The van der Waals surface area contributed by atoms with E-state index in [2.05, 4.69) is 30.1 Å². The summed E-state index contributed by atoms with van der Waals surface area (Å²) < 4.78 is 36.0. The first-order valence-corrected chi connectivity index (χ1v) is 15.4. The predicted molar refractivity (Wildman–Crippen MR) is 160 cm³/mol. The van der Waals surface area contributed by atoms with E-state index < -0.39 is 11.6 Å². The zero-order chi connectivity index (χ0) is 28.2. The molecule has 4 saturated heterocycles. The standard InChI is InChI=1S/C22H19ClF2N6OS.C7H13N/c1-32-22-29-17-12(20(30-22)31-9-2-3-10(31)8-27-7-9)6-13(23)15(16(17)25)11-4-5-14(24)19-18(11)28-21(26)33-19;1-3-7-4-2-6-8(7)5-1/h4-6,9-10,27H,2-3,7-8H2,1H3,(H2,26,28);7H,1-6H2. The van der Waals surface area contributed by atoms with Crippen molar-refractivity contribution >= 4 is 55.0 Å². The van der Waals surface area contributed by atoms with Crippen LogP contribution in [0.1, 0.15) is 38.5 Å². The number of nitrogens with two attached hydrogens (primary N) is 1. The van der Waals surface area contributed by atoms with Gasteiger partial charge in [0.25, 0.3) is 0 Å². The van der Waals surface area contributed by atoms with Crippen molar-refractivity contribution in [2.45, 2.75) is 56.7 Å². The first-order chi connectivity index (χ1) is 19.9. The number of methoxy groups -OCH3 is 1. The Kier molecular flexibility index (Phi) is 7.09. The van der Waals surface area contributed by atoms with Gasteiger partial charge < -0.3 is 25.6 Å². The summed E-state index contributed by atoms with van der Waals surface area (Å²) in [6, 6.07) is 5.99. The summed E-state index contributed by atoms with van der Waals surface area (Å²) in [7, 11) is 1.45. The molecule has 3 N–H and O–H groups in total. The van der Waals surface area contributed by atoms with E-state index in [1.165, 1.54) is 58.0 Å². The summed E-state index contributed by atoms with van der Waals surface area (Å²) in [5, 5.41) is 4.30. The van der Waals surface area contributed by atoms with Crippen LogP contribution in [0, 0.1) is 11.6 Å². The molecule has 12 heteroatoms. The van der Waals surface area contributed by atoms with Gasteiger partial charge in [-0.3, -0.25) is 0 Å². The molecule has 0 radical (unpaired) electrons. The third-order valence-corrected chi connectivity index (χ3v) is 10.1. The van der Waals surface area contributed by atoms with Crippen LogP contribution in [0.4, 0.5) is 19.7 Å². The summed E-state index contributed by atoms with van der Waals surface area (Å²) in [4.78, 5) is 18.0. The van der Waals surface area contributed by atoms with Crippen molar-refractivity contribution in [1.29, 1.82) is 0 Å². The van der Waals surface area contributed by atoms with Gasteiger partial charge in [-0.1, -0.05) is 22.9 Å². The lowest BCUT2D eigenvalue weighted by Gasteiger charge is -2.37. The van der Waals surface area contributed by atoms with E-state index in [0.29, 0.717) is 16.8 Å². The molecule has 6 heterocycles. The van der Waals surface area contributed by atoms with Gasteiger partial charge in [0.1, 0.15) is 17.2 Å².